The first-order valence-corrected chi connectivity index (χ1v) is 2.52. The van der Waals surface area contributed by atoms with Crippen LogP contribution in [-0.2, 0) is 4.79 Å². The second-order valence-corrected chi connectivity index (χ2v) is 1.38. The van der Waals surface area contributed by atoms with Crippen LogP contribution in [0.5, 0.6) is 0 Å². The van der Waals surface area contributed by atoms with Gasteiger partial charge in [0.25, 0.3) is 0 Å². The maximum atomic E-state index is 8.25. The van der Waals surface area contributed by atoms with Gasteiger partial charge >= 0.3 is 29.6 Å². The van der Waals surface area contributed by atoms with Crippen LogP contribution in [0.4, 0.5) is 5.69 Å². The number of nitrogens with zero attached hydrogens (tertiary/aromatic N) is 1. The number of carbonyl (C=O) groups excluding carboxylic acids is 1. The first kappa shape index (κ1) is 13.0. The molecule has 1 aromatic rings. The van der Waals surface area contributed by atoms with Gasteiger partial charge < -0.3 is 15.6 Å². The first-order chi connectivity index (χ1) is 4.81. The third-order valence-electron chi connectivity index (χ3n) is 0.684. The maximum absolute atomic E-state index is 8.25. The molecule has 0 radical (unpaired) electrons. The molecule has 0 saturated carbocycles. The number of aromatic nitrogens is 1. The van der Waals surface area contributed by atoms with Gasteiger partial charge in [-0.2, -0.15) is 0 Å². The van der Waals surface area contributed by atoms with Crippen molar-refractivity contribution in [3.8, 4) is 0 Å². The molecule has 4 nitrogen and oxygen atoms in total. The van der Waals surface area contributed by atoms with E-state index < -0.39 is 6.47 Å². The Morgan fingerprint density at radius 1 is 1.64 bits per heavy atom. The van der Waals surface area contributed by atoms with Gasteiger partial charge in [0, 0.05) is 18.9 Å². The Morgan fingerprint density at radius 3 is 2.36 bits per heavy atom. The maximum Gasteiger partial charge on any atom is 1.00 e. The second kappa shape index (κ2) is 9.42. The third-order valence-corrected chi connectivity index (χ3v) is 0.684. The molecule has 0 aromatic carbocycles. The molecule has 0 aliphatic rings. The van der Waals surface area contributed by atoms with Gasteiger partial charge in [0.05, 0.1) is 5.69 Å². The summed E-state index contributed by atoms with van der Waals surface area (Å²) in [5.74, 6) is 0. The van der Waals surface area contributed by atoms with Crippen LogP contribution in [-0.4, -0.2) is 11.5 Å². The molecule has 1 rings (SSSR count). The average Bonchev–Trinajstić information content (AvgIpc) is 1.91. The van der Waals surface area contributed by atoms with E-state index >= 15 is 0 Å². The molecule has 5 heteroatoms. The van der Waals surface area contributed by atoms with Gasteiger partial charge in [0.2, 0.25) is 0 Å². The summed E-state index contributed by atoms with van der Waals surface area (Å²) in [7, 11) is 0. The molecule has 54 valence electrons. The Balaban J connectivity index is 0. The molecule has 0 bridgehead atoms. The standard InChI is InChI=1S/C5H6N2.CH2O2.Na/c6-5-2-1-3-7-4-5;2-1-3;/h1-4H,6H2;1H,(H,2,3);/q;;+1/p-1. The van der Waals surface area contributed by atoms with E-state index in [9.17, 15) is 0 Å². The Bertz CT molecular complexity index is 181. The number of carbonyl (C=O) groups is 1. The fraction of sp³-hybridized carbons (Fsp3) is 0. The molecule has 0 spiro atoms. The van der Waals surface area contributed by atoms with Gasteiger partial charge in [-0.1, -0.05) is 0 Å². The molecule has 0 unspecified atom stereocenters. The van der Waals surface area contributed by atoms with Crippen LogP contribution in [0.15, 0.2) is 24.5 Å². The number of pyridine rings is 1. The van der Waals surface area contributed by atoms with Crippen molar-refractivity contribution in [3.63, 3.8) is 0 Å². The number of hydrogen-bond acceptors (Lipinski definition) is 4. The molecule has 1 heterocycles. The molecule has 2 N–H and O–H groups in total. The summed E-state index contributed by atoms with van der Waals surface area (Å²) in [6.07, 6.45) is 3.30. The van der Waals surface area contributed by atoms with Crippen molar-refractivity contribution in [2.45, 2.75) is 0 Å². The van der Waals surface area contributed by atoms with Crippen LogP contribution in [0.3, 0.4) is 0 Å². The number of nitrogens with two attached hydrogens (primary N) is 1. The Kier molecular flexibility index (Phi) is 11.2. The van der Waals surface area contributed by atoms with Crippen LogP contribution >= 0.6 is 0 Å². The molecule has 0 amide bonds. The van der Waals surface area contributed by atoms with Gasteiger partial charge in [0.1, 0.15) is 0 Å². The minimum absolute atomic E-state index is 0. The van der Waals surface area contributed by atoms with Crippen molar-refractivity contribution in [2.75, 3.05) is 5.73 Å². The summed E-state index contributed by atoms with van der Waals surface area (Å²) >= 11 is 0. The molecule has 0 atom stereocenters. The van der Waals surface area contributed by atoms with E-state index in [2.05, 4.69) is 4.98 Å². The van der Waals surface area contributed by atoms with Crippen molar-refractivity contribution in [1.29, 1.82) is 0 Å². The van der Waals surface area contributed by atoms with Crippen LogP contribution in [0.2, 0.25) is 0 Å². The average molecular weight is 162 g/mol. The quantitative estimate of drug-likeness (QED) is 0.312. The van der Waals surface area contributed by atoms with Crippen molar-refractivity contribution in [1.82, 2.24) is 4.98 Å². The minimum atomic E-state index is -0.500. The van der Waals surface area contributed by atoms with Crippen LogP contribution < -0.4 is 40.4 Å². The SMILES string of the molecule is Nc1cccnc1.O=C[O-].[Na+]. The fourth-order valence-corrected chi connectivity index (χ4v) is 0.376. The number of carboxylic acid groups (broad SMARTS) is 1. The third kappa shape index (κ3) is 9.42. The van der Waals surface area contributed by atoms with E-state index in [4.69, 9.17) is 15.6 Å². The summed E-state index contributed by atoms with van der Waals surface area (Å²) in [5.41, 5.74) is 6.01. The first-order valence-electron chi connectivity index (χ1n) is 2.52. The Morgan fingerprint density at radius 2 is 2.18 bits per heavy atom. The van der Waals surface area contributed by atoms with E-state index in [0.29, 0.717) is 5.69 Å². The van der Waals surface area contributed by atoms with E-state index in [1.165, 1.54) is 0 Å². The van der Waals surface area contributed by atoms with Gasteiger partial charge in [-0.15, -0.1) is 0 Å². The topological polar surface area (TPSA) is 79.0 Å². The Hall–Kier alpha value is -0.580. The van der Waals surface area contributed by atoms with Crippen LogP contribution in [0.1, 0.15) is 0 Å². The van der Waals surface area contributed by atoms with E-state index in [1.54, 1.807) is 24.5 Å². The van der Waals surface area contributed by atoms with Gasteiger partial charge in [-0.25, -0.2) is 0 Å². The van der Waals surface area contributed by atoms with E-state index in [1.807, 2.05) is 0 Å². The minimum Gasteiger partial charge on any atom is -0.554 e. The van der Waals surface area contributed by atoms with Crippen molar-refractivity contribution < 1.29 is 39.5 Å². The number of rotatable bonds is 0. The fourth-order valence-electron chi connectivity index (χ4n) is 0.376. The molecular weight excluding hydrogens is 155 g/mol. The van der Waals surface area contributed by atoms with E-state index in [0.717, 1.165) is 0 Å². The summed E-state index contributed by atoms with van der Waals surface area (Å²) in [6.45, 7) is -0.500. The second-order valence-electron chi connectivity index (χ2n) is 1.38. The number of anilines is 1. The zero-order chi connectivity index (χ0) is 7.82. The van der Waals surface area contributed by atoms with Crippen LogP contribution in [0.25, 0.3) is 0 Å². The molecule has 0 fully saturated rings. The largest absolute Gasteiger partial charge is 1.00 e. The molecule has 0 aliphatic heterocycles. The van der Waals surface area contributed by atoms with E-state index in [-0.39, 0.29) is 29.6 Å². The monoisotopic (exact) mass is 162 g/mol. The predicted molar refractivity (Wildman–Crippen MR) is 34.7 cm³/mol. The normalized spacial score (nSPS) is 6.55. The molecule has 0 aliphatic carbocycles. The summed E-state index contributed by atoms with van der Waals surface area (Å²) in [4.78, 5) is 12.0. The van der Waals surface area contributed by atoms with Gasteiger partial charge in [-0.3, -0.25) is 4.98 Å². The van der Waals surface area contributed by atoms with Gasteiger partial charge in [-0.05, 0) is 12.1 Å². The summed E-state index contributed by atoms with van der Waals surface area (Å²) < 4.78 is 0. The smallest absolute Gasteiger partial charge is 0.554 e. The predicted octanol–water partition coefficient (Wildman–Crippen LogP) is -3.97. The molecule has 11 heavy (non-hydrogen) atoms. The zero-order valence-corrected chi connectivity index (χ0v) is 8.23. The molecule has 0 saturated heterocycles. The Labute approximate surface area is 86.7 Å². The molecule has 1 aromatic heterocycles. The molecular formula is C6H7N2NaO2. The van der Waals surface area contributed by atoms with Crippen molar-refractivity contribution >= 4 is 12.2 Å². The van der Waals surface area contributed by atoms with Crippen molar-refractivity contribution in [3.05, 3.63) is 24.5 Å². The van der Waals surface area contributed by atoms with Crippen molar-refractivity contribution in [2.24, 2.45) is 0 Å². The summed E-state index contributed by atoms with van der Waals surface area (Å²) in [6, 6.07) is 3.60. The number of hydrogen-bond donors (Lipinski definition) is 1. The number of nitrogen functional groups attached to an aromatic ring is 1. The van der Waals surface area contributed by atoms with Gasteiger partial charge in [0.15, 0.2) is 0 Å². The summed E-state index contributed by atoms with van der Waals surface area (Å²) in [5, 5.41) is 8.25. The van der Waals surface area contributed by atoms with Crippen LogP contribution in [0, 0.1) is 0 Å². The zero-order valence-electron chi connectivity index (χ0n) is 6.23.